The second-order valence-corrected chi connectivity index (χ2v) is 18.5. The van der Waals surface area contributed by atoms with Crippen molar-refractivity contribution in [2.45, 2.75) is 122 Å². The Morgan fingerprint density at radius 2 is 1.60 bits per heavy atom. The minimum absolute atomic E-state index is 0.0368. The van der Waals surface area contributed by atoms with Gasteiger partial charge in [0.1, 0.15) is 18.1 Å². The fraction of sp³-hybridized carbons (Fsp3) is 0.800. The first-order chi connectivity index (χ1) is 23.2. The molecule has 50 heavy (non-hydrogen) atoms. The maximum Gasteiger partial charge on any atom is 0.315 e. The van der Waals surface area contributed by atoms with E-state index in [2.05, 4.69) is 27.8 Å². The molecular formula is C35H58N6O8S. The molecule has 15 heteroatoms. The third kappa shape index (κ3) is 9.84. The lowest BCUT2D eigenvalue weighted by Gasteiger charge is -2.37. The van der Waals surface area contributed by atoms with E-state index < -0.39 is 80.8 Å². The molecule has 282 valence electrons. The highest BCUT2D eigenvalue weighted by Crippen LogP contribution is 2.44. The number of urea groups is 1. The first kappa shape index (κ1) is 39.7. The van der Waals surface area contributed by atoms with E-state index in [-0.39, 0.29) is 37.4 Å². The number of hydrogen-bond acceptors (Lipinski definition) is 8. The molecule has 2 saturated heterocycles. The first-order valence-corrected chi connectivity index (χ1v) is 19.8. The highest BCUT2D eigenvalue weighted by molar-refractivity contribution is 7.88. The van der Waals surface area contributed by atoms with Gasteiger partial charge in [0, 0.05) is 38.6 Å². The summed E-state index contributed by atoms with van der Waals surface area (Å²) in [4.78, 5) is 69.9. The summed E-state index contributed by atoms with van der Waals surface area (Å²) in [6.45, 7) is 13.4. The molecule has 0 spiro atoms. The number of nitrogens with one attached hydrogen (secondary N) is 4. The smallest absolute Gasteiger partial charge is 0.315 e. The molecule has 2 heterocycles. The van der Waals surface area contributed by atoms with Gasteiger partial charge >= 0.3 is 6.03 Å². The number of rotatable bonds is 14. The molecule has 5 amide bonds. The molecule has 4 rings (SSSR count). The third-order valence-corrected chi connectivity index (χ3v) is 12.0. The van der Waals surface area contributed by atoms with Crippen LogP contribution >= 0.6 is 0 Å². The second-order valence-electron chi connectivity index (χ2n) is 16.4. The zero-order chi connectivity index (χ0) is 37.2. The highest BCUT2D eigenvalue weighted by atomic mass is 32.2. The van der Waals surface area contributed by atoms with Crippen LogP contribution in [0.1, 0.15) is 86.0 Å². The number of amides is 5. The predicted octanol–water partition coefficient (Wildman–Crippen LogP) is 1.70. The molecule has 0 bridgehead atoms. The molecule has 0 aromatic rings. The van der Waals surface area contributed by atoms with Crippen LogP contribution < -0.4 is 21.3 Å². The largest absolute Gasteiger partial charge is 0.370 e. The van der Waals surface area contributed by atoms with E-state index >= 15 is 0 Å². The van der Waals surface area contributed by atoms with Crippen LogP contribution in [0.4, 0.5) is 4.79 Å². The Morgan fingerprint density at radius 1 is 0.980 bits per heavy atom. The van der Waals surface area contributed by atoms with Crippen LogP contribution in [0.3, 0.4) is 0 Å². The number of carbonyl (C=O) groups excluding carboxylic acids is 5. The maximum absolute atomic E-state index is 14.7. The fourth-order valence-corrected chi connectivity index (χ4v) is 8.01. The normalized spacial score (nSPS) is 25.6. The van der Waals surface area contributed by atoms with Crippen LogP contribution in [-0.4, -0.2) is 116 Å². The molecule has 0 aromatic carbocycles. The van der Waals surface area contributed by atoms with E-state index in [4.69, 9.17) is 4.74 Å². The van der Waals surface area contributed by atoms with Gasteiger partial charge in [0.15, 0.2) is 0 Å². The average Bonchev–Trinajstić information content (AvgIpc) is 3.75. The summed E-state index contributed by atoms with van der Waals surface area (Å²) in [5.74, 6) is -3.14. The zero-order valence-electron chi connectivity index (χ0n) is 30.8. The van der Waals surface area contributed by atoms with Crippen molar-refractivity contribution in [1.29, 1.82) is 0 Å². The van der Waals surface area contributed by atoms with Crippen molar-refractivity contribution < 1.29 is 37.1 Å². The summed E-state index contributed by atoms with van der Waals surface area (Å²) in [5.41, 5.74) is -1.04. The van der Waals surface area contributed by atoms with Gasteiger partial charge in [0.05, 0.1) is 18.0 Å². The Labute approximate surface area is 297 Å². The number of carbonyl (C=O) groups is 5. The number of likely N-dealkylation sites (tertiary alicyclic amines) is 1. The number of ketones is 1. The van der Waals surface area contributed by atoms with E-state index in [1.807, 2.05) is 34.6 Å². The highest BCUT2D eigenvalue weighted by Gasteiger charge is 2.57. The van der Waals surface area contributed by atoms with Crippen LogP contribution in [-0.2, 0) is 33.9 Å². The molecule has 4 aliphatic rings. The Kier molecular flexibility index (Phi) is 12.5. The molecular weight excluding hydrogens is 664 g/mol. The molecule has 0 radical (unpaired) electrons. The minimum atomic E-state index is -3.51. The van der Waals surface area contributed by atoms with Crippen molar-refractivity contribution in [3.8, 4) is 0 Å². The van der Waals surface area contributed by atoms with Gasteiger partial charge in [-0.2, -0.15) is 0 Å². The fourth-order valence-electron chi connectivity index (χ4n) is 7.59. The van der Waals surface area contributed by atoms with E-state index in [1.165, 1.54) is 22.3 Å². The summed E-state index contributed by atoms with van der Waals surface area (Å²) in [6.07, 6.45) is 8.29. The van der Waals surface area contributed by atoms with Crippen LogP contribution in [0.2, 0.25) is 0 Å². The van der Waals surface area contributed by atoms with Gasteiger partial charge in [0.2, 0.25) is 27.6 Å². The minimum Gasteiger partial charge on any atom is -0.370 e. The number of likely N-dealkylation sites (N-methyl/N-ethyl adjacent to an activating group) is 1. The molecule has 2 aliphatic heterocycles. The van der Waals surface area contributed by atoms with Gasteiger partial charge < -0.3 is 30.9 Å². The zero-order valence-corrected chi connectivity index (χ0v) is 31.6. The molecule has 14 nitrogen and oxygen atoms in total. The van der Waals surface area contributed by atoms with Gasteiger partial charge in [-0.1, -0.05) is 46.1 Å². The summed E-state index contributed by atoms with van der Waals surface area (Å²) < 4.78 is 31.9. The number of fused-ring (bicyclic) bond motifs is 1. The molecule has 6 atom stereocenters. The maximum atomic E-state index is 14.7. The summed E-state index contributed by atoms with van der Waals surface area (Å²) in [5, 5.41) is 11.2. The topological polar surface area (TPSA) is 183 Å². The van der Waals surface area contributed by atoms with Gasteiger partial charge in [-0.3, -0.25) is 19.2 Å². The predicted molar refractivity (Wildman–Crippen MR) is 188 cm³/mol. The van der Waals surface area contributed by atoms with Crippen molar-refractivity contribution in [2.75, 3.05) is 32.9 Å². The second kappa shape index (κ2) is 15.7. The Morgan fingerprint density at radius 3 is 2.16 bits per heavy atom. The quantitative estimate of drug-likeness (QED) is 0.154. The summed E-state index contributed by atoms with van der Waals surface area (Å²) >= 11 is 0. The Balaban J connectivity index is 1.60. The van der Waals surface area contributed by atoms with E-state index in [1.54, 1.807) is 0 Å². The van der Waals surface area contributed by atoms with Crippen molar-refractivity contribution in [3.63, 3.8) is 0 Å². The van der Waals surface area contributed by atoms with E-state index in [0.717, 1.165) is 38.4 Å². The first-order valence-electron chi connectivity index (χ1n) is 17.9. The lowest BCUT2D eigenvalue weighted by Crippen LogP contribution is -2.61. The molecule has 2 aliphatic carbocycles. The van der Waals surface area contributed by atoms with Gasteiger partial charge in [0.25, 0.3) is 5.91 Å². The molecule has 2 saturated carbocycles. The molecule has 0 aromatic heterocycles. The number of nitrogens with zero attached hydrogens (tertiary/aromatic N) is 2. The number of sulfonamides is 1. The monoisotopic (exact) mass is 722 g/mol. The van der Waals surface area contributed by atoms with E-state index in [0.29, 0.717) is 19.3 Å². The standard InChI is InChI=1S/C35H58N6O8S/c1-9-17-36-31(44)29(42)26(22-15-16-22)38-30(43)28-23-18-35(5,6)49-24(23)19-41(28)32(45)27(21-13-11-10-12-14-21)39-33(46)37-25(34(2,3)4)20-40(7)50(8,47)48/h9,21-28H,1,10-20H2,2-8H3,(H,36,44)(H,38,43)(H2,37,39,46)/t23-,24-,25+,26?,27-,28-/m0/s1. The molecule has 1 unspecified atom stereocenters. The summed E-state index contributed by atoms with van der Waals surface area (Å²) in [6, 6.07) is -4.11. The van der Waals surface area contributed by atoms with Gasteiger partial charge in [-0.05, 0) is 63.2 Å². The summed E-state index contributed by atoms with van der Waals surface area (Å²) in [7, 11) is -2.06. The van der Waals surface area contributed by atoms with E-state index in [9.17, 15) is 32.4 Å². The Bertz CT molecular complexity index is 1420. The molecule has 4 fully saturated rings. The number of hydrogen-bond donors (Lipinski definition) is 4. The van der Waals surface area contributed by atoms with Crippen molar-refractivity contribution in [3.05, 3.63) is 12.7 Å². The van der Waals surface area contributed by atoms with Gasteiger partial charge in [-0.25, -0.2) is 17.5 Å². The van der Waals surface area contributed by atoms with Crippen LogP contribution in [0, 0.1) is 23.2 Å². The Hall–Kier alpha value is -3.04. The van der Waals surface area contributed by atoms with Gasteiger partial charge in [-0.15, -0.1) is 6.58 Å². The molecule has 4 N–H and O–H groups in total. The number of ether oxygens (including phenoxy) is 1. The SMILES string of the molecule is C=CCNC(=O)C(=O)C(NC(=O)[C@@H]1[C@H]2CC(C)(C)O[C@H]2CN1C(=O)[C@@H](NC(=O)N[C@H](CN(C)S(C)(=O)=O)C(C)(C)C)C1CCCCC1)C1CC1. The average molecular weight is 723 g/mol. The van der Waals surface area contributed by atoms with Crippen molar-refractivity contribution in [2.24, 2.45) is 23.2 Å². The lowest BCUT2D eigenvalue weighted by atomic mass is 9.83. The van der Waals surface area contributed by atoms with Crippen molar-refractivity contribution >= 4 is 39.6 Å². The van der Waals surface area contributed by atoms with Crippen LogP contribution in [0.15, 0.2) is 12.7 Å². The van der Waals surface area contributed by atoms with Crippen molar-refractivity contribution in [1.82, 2.24) is 30.5 Å². The third-order valence-electron chi connectivity index (χ3n) is 10.7. The van der Waals surface area contributed by atoms with Crippen LogP contribution in [0.5, 0.6) is 0 Å². The number of Topliss-reactive ketones (excluding diaryl/α,β-unsaturated/α-hetero) is 1. The van der Waals surface area contributed by atoms with Crippen LogP contribution in [0.25, 0.3) is 0 Å². The lowest BCUT2D eigenvalue weighted by molar-refractivity contribution is -0.144.